The van der Waals surface area contributed by atoms with Crippen molar-refractivity contribution in [2.75, 3.05) is 53.8 Å². The van der Waals surface area contributed by atoms with Gasteiger partial charge in [-0.15, -0.1) is 0 Å². The number of amides is 3. The Morgan fingerprint density at radius 3 is 2.50 bits per heavy atom. The molecule has 2 fully saturated rings. The van der Waals surface area contributed by atoms with Crippen molar-refractivity contribution in [3.63, 3.8) is 0 Å². The lowest BCUT2D eigenvalue weighted by Crippen LogP contribution is -2.57. The van der Waals surface area contributed by atoms with E-state index in [4.69, 9.17) is 25.8 Å². The number of likely N-dealkylation sites (tertiary alicyclic amines) is 1. The first kappa shape index (κ1) is 22.6. The summed E-state index contributed by atoms with van der Waals surface area (Å²) in [5, 5.41) is 0.590. The van der Waals surface area contributed by atoms with Crippen LogP contribution in [0.4, 0.5) is 4.79 Å². The molecular formula is C21H26ClN3O7. The number of imide groups is 1. The van der Waals surface area contributed by atoms with Crippen LogP contribution in [0.1, 0.15) is 18.4 Å². The van der Waals surface area contributed by atoms with Crippen molar-refractivity contribution in [2.45, 2.75) is 24.9 Å². The third-order valence-corrected chi connectivity index (χ3v) is 6.63. The SMILES string of the molecule is COCCN1C(=O)N(CC(=O)OC)C(=O)C12CCN(Cc1cc3c(cc1Cl)OCO3)CC2. The number of benzene rings is 1. The average Bonchev–Trinajstić information content (AvgIpc) is 3.31. The molecule has 1 aromatic rings. The van der Waals surface area contributed by atoms with Crippen LogP contribution in [-0.2, 0) is 25.6 Å². The summed E-state index contributed by atoms with van der Waals surface area (Å²) in [6, 6.07) is 3.15. The summed E-state index contributed by atoms with van der Waals surface area (Å²) >= 11 is 6.42. The van der Waals surface area contributed by atoms with E-state index in [0.717, 1.165) is 10.5 Å². The molecular weight excluding hydrogens is 442 g/mol. The number of carbonyl (C=O) groups is 3. The molecule has 32 heavy (non-hydrogen) atoms. The zero-order valence-electron chi connectivity index (χ0n) is 18.1. The molecule has 174 valence electrons. The third kappa shape index (κ3) is 3.98. The molecule has 3 heterocycles. The molecule has 0 radical (unpaired) electrons. The van der Waals surface area contributed by atoms with Gasteiger partial charge in [0.1, 0.15) is 12.1 Å². The number of rotatable bonds is 7. The number of piperidine rings is 1. The Balaban J connectivity index is 1.48. The number of hydrogen-bond acceptors (Lipinski definition) is 8. The van der Waals surface area contributed by atoms with Gasteiger partial charge in [0.25, 0.3) is 5.91 Å². The van der Waals surface area contributed by atoms with Crippen molar-refractivity contribution in [3.8, 4) is 11.5 Å². The molecule has 11 heteroatoms. The lowest BCUT2D eigenvalue weighted by Gasteiger charge is -2.42. The number of ether oxygens (including phenoxy) is 4. The van der Waals surface area contributed by atoms with E-state index in [1.54, 1.807) is 18.1 Å². The summed E-state index contributed by atoms with van der Waals surface area (Å²) < 4.78 is 20.6. The Morgan fingerprint density at radius 1 is 1.16 bits per heavy atom. The molecule has 0 unspecified atom stereocenters. The molecule has 0 aromatic heterocycles. The molecule has 3 aliphatic heterocycles. The number of urea groups is 1. The maximum Gasteiger partial charge on any atom is 0.328 e. The van der Waals surface area contributed by atoms with Crippen molar-refractivity contribution < 1.29 is 33.3 Å². The van der Waals surface area contributed by atoms with E-state index in [-0.39, 0.29) is 19.2 Å². The predicted octanol–water partition coefficient (Wildman–Crippen LogP) is 1.49. The van der Waals surface area contributed by atoms with E-state index in [2.05, 4.69) is 9.64 Å². The van der Waals surface area contributed by atoms with Gasteiger partial charge in [0.15, 0.2) is 11.5 Å². The van der Waals surface area contributed by atoms with Gasteiger partial charge in [-0.1, -0.05) is 11.6 Å². The maximum atomic E-state index is 13.3. The molecule has 0 bridgehead atoms. The van der Waals surface area contributed by atoms with E-state index < -0.39 is 24.1 Å². The minimum Gasteiger partial charge on any atom is -0.468 e. The topological polar surface area (TPSA) is 97.9 Å². The van der Waals surface area contributed by atoms with Crippen LogP contribution in [0.2, 0.25) is 5.02 Å². The van der Waals surface area contributed by atoms with Crippen LogP contribution in [0.25, 0.3) is 0 Å². The molecule has 0 saturated carbocycles. The molecule has 1 spiro atoms. The van der Waals surface area contributed by atoms with Crippen molar-refractivity contribution in [1.29, 1.82) is 0 Å². The van der Waals surface area contributed by atoms with Crippen LogP contribution in [-0.4, -0.2) is 91.9 Å². The fourth-order valence-corrected chi connectivity index (χ4v) is 4.71. The Hall–Kier alpha value is -2.56. The van der Waals surface area contributed by atoms with Crippen molar-refractivity contribution >= 4 is 29.5 Å². The van der Waals surface area contributed by atoms with Crippen LogP contribution in [0.15, 0.2) is 12.1 Å². The maximum absolute atomic E-state index is 13.3. The Kier molecular flexibility index (Phi) is 6.45. The molecule has 0 N–H and O–H groups in total. The largest absolute Gasteiger partial charge is 0.468 e. The fraction of sp³-hybridized carbons (Fsp3) is 0.571. The van der Waals surface area contributed by atoms with Crippen molar-refractivity contribution in [3.05, 3.63) is 22.7 Å². The molecule has 2 saturated heterocycles. The van der Waals surface area contributed by atoms with E-state index in [1.165, 1.54) is 7.11 Å². The second kappa shape index (κ2) is 9.13. The molecule has 3 amide bonds. The third-order valence-electron chi connectivity index (χ3n) is 6.27. The standard InChI is InChI=1S/C21H26ClN3O7/c1-29-8-7-25-20(28)24(12-18(26)30-2)19(27)21(25)3-5-23(6-4-21)11-14-9-16-17(10-15(14)22)32-13-31-16/h9-10H,3-8,11-13H2,1-2H3. The summed E-state index contributed by atoms with van der Waals surface area (Å²) in [6.07, 6.45) is 0.891. The van der Waals surface area contributed by atoms with Gasteiger partial charge in [-0.2, -0.15) is 0 Å². The van der Waals surface area contributed by atoms with Crippen LogP contribution in [0.5, 0.6) is 11.5 Å². The van der Waals surface area contributed by atoms with E-state index in [9.17, 15) is 14.4 Å². The molecule has 3 aliphatic rings. The molecule has 10 nitrogen and oxygen atoms in total. The number of hydrogen-bond donors (Lipinski definition) is 0. The first-order valence-corrected chi connectivity index (χ1v) is 10.8. The summed E-state index contributed by atoms with van der Waals surface area (Å²) in [5.41, 5.74) is -0.0806. The lowest BCUT2D eigenvalue weighted by molar-refractivity contribution is -0.146. The second-order valence-corrected chi connectivity index (χ2v) is 8.41. The van der Waals surface area contributed by atoms with Gasteiger partial charge in [-0.3, -0.25) is 19.4 Å². The first-order chi connectivity index (χ1) is 15.4. The Labute approximate surface area is 190 Å². The van der Waals surface area contributed by atoms with Crippen LogP contribution in [0.3, 0.4) is 0 Å². The van der Waals surface area contributed by atoms with Crippen LogP contribution >= 0.6 is 11.6 Å². The zero-order chi connectivity index (χ0) is 22.9. The second-order valence-electron chi connectivity index (χ2n) is 8.00. The highest BCUT2D eigenvalue weighted by Gasteiger charge is 2.58. The predicted molar refractivity (Wildman–Crippen MR) is 113 cm³/mol. The summed E-state index contributed by atoms with van der Waals surface area (Å²) in [4.78, 5) is 42.8. The summed E-state index contributed by atoms with van der Waals surface area (Å²) in [7, 11) is 2.77. The van der Waals surface area contributed by atoms with Gasteiger partial charge >= 0.3 is 12.0 Å². The fourth-order valence-electron chi connectivity index (χ4n) is 4.49. The average molecular weight is 468 g/mol. The summed E-state index contributed by atoms with van der Waals surface area (Å²) in [6.45, 7) is 2.10. The van der Waals surface area contributed by atoms with Crippen molar-refractivity contribution in [1.82, 2.24) is 14.7 Å². The number of halogens is 1. The Morgan fingerprint density at radius 2 is 1.84 bits per heavy atom. The highest BCUT2D eigenvalue weighted by molar-refractivity contribution is 6.31. The lowest BCUT2D eigenvalue weighted by atomic mass is 9.85. The number of methoxy groups -OCH3 is 2. The van der Waals surface area contributed by atoms with Gasteiger partial charge < -0.3 is 23.8 Å². The highest BCUT2D eigenvalue weighted by Crippen LogP contribution is 2.40. The van der Waals surface area contributed by atoms with E-state index >= 15 is 0 Å². The van der Waals surface area contributed by atoms with Crippen LogP contribution in [0, 0.1) is 0 Å². The zero-order valence-corrected chi connectivity index (χ0v) is 18.9. The smallest absolute Gasteiger partial charge is 0.328 e. The quantitative estimate of drug-likeness (QED) is 0.439. The minimum atomic E-state index is -0.987. The van der Waals surface area contributed by atoms with Crippen LogP contribution < -0.4 is 9.47 Å². The number of nitrogens with zero attached hydrogens (tertiary/aromatic N) is 3. The van der Waals surface area contributed by atoms with Gasteiger partial charge in [-0.25, -0.2) is 4.79 Å². The molecule has 4 rings (SSSR count). The van der Waals surface area contributed by atoms with E-state index in [1.807, 2.05) is 6.07 Å². The summed E-state index contributed by atoms with van der Waals surface area (Å²) in [5.74, 6) is 0.305. The molecule has 1 aromatic carbocycles. The van der Waals surface area contributed by atoms with Gasteiger partial charge in [0.05, 0.1) is 13.7 Å². The highest BCUT2D eigenvalue weighted by atomic mass is 35.5. The Bertz CT molecular complexity index is 917. The van der Waals surface area contributed by atoms with Crippen molar-refractivity contribution in [2.24, 2.45) is 0 Å². The van der Waals surface area contributed by atoms with Gasteiger partial charge in [0, 0.05) is 44.4 Å². The van der Waals surface area contributed by atoms with Gasteiger partial charge in [-0.05, 0) is 24.5 Å². The monoisotopic (exact) mass is 467 g/mol. The molecule has 0 aliphatic carbocycles. The number of esters is 1. The van der Waals surface area contributed by atoms with E-state index in [0.29, 0.717) is 55.6 Å². The molecule has 0 atom stereocenters. The van der Waals surface area contributed by atoms with Gasteiger partial charge in [0.2, 0.25) is 6.79 Å². The first-order valence-electron chi connectivity index (χ1n) is 10.4. The minimum absolute atomic E-state index is 0.177. The number of carbonyl (C=O) groups excluding carboxylic acids is 3. The number of fused-ring (bicyclic) bond motifs is 1. The normalized spacial score (nSPS) is 19.8.